The van der Waals surface area contributed by atoms with E-state index in [0.717, 1.165) is 19.3 Å². The number of rotatable bonds is 4. The molecule has 0 heterocycles. The molecule has 0 aromatic heterocycles. The summed E-state index contributed by atoms with van der Waals surface area (Å²) >= 11 is 0. The maximum atomic E-state index is 11.4. The Bertz CT molecular complexity index is 227. The van der Waals surface area contributed by atoms with Gasteiger partial charge in [-0.1, -0.05) is 6.42 Å². The fraction of sp³-hybridized carbons (Fsp3) is 0.917. The van der Waals surface area contributed by atoms with Crippen molar-refractivity contribution in [3.05, 3.63) is 0 Å². The number of aliphatic hydroxyl groups is 2. The smallest absolute Gasteiger partial charge is 0.306 e. The molecule has 0 aromatic rings. The third kappa shape index (κ3) is 3.46. The van der Waals surface area contributed by atoms with E-state index in [1.165, 1.54) is 0 Å². The van der Waals surface area contributed by atoms with Crippen LogP contribution in [0.1, 0.15) is 39.5 Å². The number of carbonyl (C=O) groups excluding carboxylic acids is 1. The van der Waals surface area contributed by atoms with Crippen LogP contribution >= 0.6 is 0 Å². The standard InChI is InChI=1S/C12H22O4/c1-3-16-11(15)7-9-5-4-6-10(14)12(9)8(2)13/h8-10,12-14H,3-7H2,1-2H3/t8-,9+,10-,12+/m0/s1. The van der Waals surface area contributed by atoms with Crippen molar-refractivity contribution in [3.63, 3.8) is 0 Å². The average molecular weight is 230 g/mol. The molecule has 2 N–H and O–H groups in total. The zero-order valence-electron chi connectivity index (χ0n) is 10.1. The summed E-state index contributed by atoms with van der Waals surface area (Å²) in [5, 5.41) is 19.5. The van der Waals surface area contributed by atoms with Gasteiger partial charge in [0.2, 0.25) is 0 Å². The molecule has 1 aliphatic carbocycles. The Morgan fingerprint density at radius 2 is 2.19 bits per heavy atom. The van der Waals surface area contributed by atoms with Crippen LogP contribution in [0.5, 0.6) is 0 Å². The first-order valence-electron chi connectivity index (χ1n) is 6.08. The molecule has 94 valence electrons. The number of hydrogen-bond donors (Lipinski definition) is 2. The predicted molar refractivity (Wildman–Crippen MR) is 59.8 cm³/mol. The number of hydrogen-bond acceptors (Lipinski definition) is 4. The van der Waals surface area contributed by atoms with E-state index in [9.17, 15) is 15.0 Å². The van der Waals surface area contributed by atoms with Gasteiger partial charge < -0.3 is 14.9 Å². The quantitative estimate of drug-likeness (QED) is 0.710. The first-order valence-corrected chi connectivity index (χ1v) is 6.08. The molecule has 0 aliphatic heterocycles. The molecule has 0 spiro atoms. The summed E-state index contributed by atoms with van der Waals surface area (Å²) < 4.78 is 4.91. The van der Waals surface area contributed by atoms with Crippen LogP contribution < -0.4 is 0 Å². The second-order valence-corrected chi connectivity index (χ2v) is 4.59. The molecular formula is C12H22O4. The number of carbonyl (C=O) groups is 1. The zero-order valence-corrected chi connectivity index (χ0v) is 10.1. The first-order chi connectivity index (χ1) is 7.56. The number of ether oxygens (including phenoxy) is 1. The van der Waals surface area contributed by atoms with E-state index in [2.05, 4.69) is 0 Å². The molecular weight excluding hydrogens is 208 g/mol. The Morgan fingerprint density at radius 1 is 1.50 bits per heavy atom. The van der Waals surface area contributed by atoms with Gasteiger partial charge in [-0.2, -0.15) is 0 Å². The number of aliphatic hydroxyl groups excluding tert-OH is 2. The van der Waals surface area contributed by atoms with Crippen LogP contribution in [0, 0.1) is 11.8 Å². The number of esters is 1. The minimum absolute atomic E-state index is 0.0443. The highest BCUT2D eigenvalue weighted by molar-refractivity contribution is 5.69. The predicted octanol–water partition coefficient (Wildman–Crippen LogP) is 1.10. The Morgan fingerprint density at radius 3 is 2.75 bits per heavy atom. The van der Waals surface area contributed by atoms with Crippen molar-refractivity contribution in [2.45, 2.75) is 51.7 Å². The molecule has 1 saturated carbocycles. The van der Waals surface area contributed by atoms with Crippen LogP contribution in [-0.2, 0) is 9.53 Å². The SMILES string of the molecule is CCOC(=O)C[C@H]1CCC[C@H](O)[C@@H]1[C@H](C)O. The highest BCUT2D eigenvalue weighted by Crippen LogP contribution is 2.35. The average Bonchev–Trinajstić information content (AvgIpc) is 2.17. The molecule has 4 nitrogen and oxygen atoms in total. The normalized spacial score (nSPS) is 32.1. The Kier molecular flexibility index (Phi) is 5.22. The molecule has 16 heavy (non-hydrogen) atoms. The topological polar surface area (TPSA) is 66.8 Å². The van der Waals surface area contributed by atoms with Crippen molar-refractivity contribution in [2.75, 3.05) is 6.61 Å². The summed E-state index contributed by atoms with van der Waals surface area (Å²) in [6.07, 6.45) is 1.75. The highest BCUT2D eigenvalue weighted by atomic mass is 16.5. The minimum atomic E-state index is -0.574. The van der Waals surface area contributed by atoms with Crippen LogP contribution in [0.2, 0.25) is 0 Å². The van der Waals surface area contributed by atoms with Gasteiger partial charge in [-0.3, -0.25) is 4.79 Å². The van der Waals surface area contributed by atoms with Gasteiger partial charge in [0, 0.05) is 12.3 Å². The Labute approximate surface area is 96.6 Å². The second-order valence-electron chi connectivity index (χ2n) is 4.59. The fourth-order valence-electron chi connectivity index (χ4n) is 2.68. The van der Waals surface area contributed by atoms with Crippen molar-refractivity contribution >= 4 is 5.97 Å². The van der Waals surface area contributed by atoms with E-state index >= 15 is 0 Å². The lowest BCUT2D eigenvalue weighted by atomic mass is 9.73. The second kappa shape index (κ2) is 6.21. The van der Waals surface area contributed by atoms with Crippen LogP contribution in [0.3, 0.4) is 0 Å². The first kappa shape index (κ1) is 13.5. The van der Waals surface area contributed by atoms with E-state index in [-0.39, 0.29) is 17.8 Å². The van der Waals surface area contributed by atoms with Gasteiger partial charge in [-0.25, -0.2) is 0 Å². The summed E-state index contributed by atoms with van der Waals surface area (Å²) in [6, 6.07) is 0. The van der Waals surface area contributed by atoms with Gasteiger partial charge in [0.1, 0.15) is 0 Å². The van der Waals surface area contributed by atoms with Gasteiger partial charge >= 0.3 is 5.97 Å². The van der Waals surface area contributed by atoms with E-state index in [1.54, 1.807) is 13.8 Å². The fourth-order valence-corrected chi connectivity index (χ4v) is 2.68. The van der Waals surface area contributed by atoms with Crippen LogP contribution in [0.25, 0.3) is 0 Å². The van der Waals surface area contributed by atoms with Crippen molar-refractivity contribution < 1.29 is 19.7 Å². The van der Waals surface area contributed by atoms with E-state index < -0.39 is 12.2 Å². The van der Waals surface area contributed by atoms with Gasteiger partial charge in [0.05, 0.1) is 18.8 Å². The van der Waals surface area contributed by atoms with Crippen LogP contribution in [0.15, 0.2) is 0 Å². The minimum Gasteiger partial charge on any atom is -0.466 e. The molecule has 0 amide bonds. The van der Waals surface area contributed by atoms with Crippen molar-refractivity contribution in [1.29, 1.82) is 0 Å². The van der Waals surface area contributed by atoms with Crippen LogP contribution in [0.4, 0.5) is 0 Å². The summed E-state index contributed by atoms with van der Waals surface area (Å²) in [5.74, 6) is -0.381. The third-order valence-corrected chi connectivity index (χ3v) is 3.35. The molecule has 4 heteroatoms. The van der Waals surface area contributed by atoms with Crippen molar-refractivity contribution in [2.24, 2.45) is 11.8 Å². The molecule has 0 bridgehead atoms. The molecule has 1 rings (SSSR count). The molecule has 0 saturated heterocycles. The lowest BCUT2D eigenvalue weighted by molar-refractivity contribution is -0.146. The maximum Gasteiger partial charge on any atom is 0.306 e. The summed E-state index contributed by atoms with van der Waals surface area (Å²) in [7, 11) is 0. The molecule has 0 aromatic carbocycles. The molecule has 0 unspecified atom stereocenters. The maximum absolute atomic E-state index is 11.4. The van der Waals surface area contributed by atoms with E-state index in [4.69, 9.17) is 4.74 Å². The largest absolute Gasteiger partial charge is 0.466 e. The monoisotopic (exact) mass is 230 g/mol. The van der Waals surface area contributed by atoms with Crippen LogP contribution in [-0.4, -0.2) is 35.0 Å². The molecule has 0 radical (unpaired) electrons. The Hall–Kier alpha value is -0.610. The van der Waals surface area contributed by atoms with Gasteiger partial charge in [-0.05, 0) is 32.6 Å². The zero-order chi connectivity index (χ0) is 12.1. The lowest BCUT2D eigenvalue weighted by Gasteiger charge is -2.36. The molecule has 1 aliphatic rings. The van der Waals surface area contributed by atoms with Gasteiger partial charge in [-0.15, -0.1) is 0 Å². The van der Waals surface area contributed by atoms with Gasteiger partial charge in [0.15, 0.2) is 0 Å². The lowest BCUT2D eigenvalue weighted by Crippen LogP contribution is -2.40. The van der Waals surface area contributed by atoms with E-state index in [1.807, 2.05) is 0 Å². The summed E-state index contributed by atoms with van der Waals surface area (Å²) in [5.41, 5.74) is 0. The molecule has 4 atom stereocenters. The highest BCUT2D eigenvalue weighted by Gasteiger charge is 2.36. The third-order valence-electron chi connectivity index (χ3n) is 3.35. The van der Waals surface area contributed by atoms with E-state index in [0.29, 0.717) is 13.0 Å². The van der Waals surface area contributed by atoms with Gasteiger partial charge in [0.25, 0.3) is 0 Å². The molecule has 1 fully saturated rings. The summed E-state index contributed by atoms with van der Waals surface area (Å²) in [6.45, 7) is 3.84. The Balaban J connectivity index is 2.57. The van der Waals surface area contributed by atoms with Crippen molar-refractivity contribution in [1.82, 2.24) is 0 Å². The summed E-state index contributed by atoms with van der Waals surface area (Å²) in [4.78, 5) is 11.4. The van der Waals surface area contributed by atoms with Crippen molar-refractivity contribution in [3.8, 4) is 0 Å².